The Morgan fingerprint density at radius 1 is 1.00 bits per heavy atom. The van der Waals surface area contributed by atoms with Gasteiger partial charge in [-0.2, -0.15) is 0 Å². The summed E-state index contributed by atoms with van der Waals surface area (Å²) < 4.78 is 0. The summed E-state index contributed by atoms with van der Waals surface area (Å²) in [4.78, 5) is 0.881. The van der Waals surface area contributed by atoms with Crippen molar-refractivity contribution in [3.63, 3.8) is 0 Å². The first-order valence-corrected chi connectivity index (χ1v) is 7.39. The SMILES string of the molecule is CCc1ccc(C(=S)C=Cc2cc(C)cc(C)c2)cc1. The Kier molecular flexibility index (Phi) is 4.86. The van der Waals surface area contributed by atoms with Gasteiger partial charge >= 0.3 is 0 Å². The Balaban J connectivity index is 2.15. The molecule has 0 radical (unpaired) electrons. The van der Waals surface area contributed by atoms with Crippen LogP contribution < -0.4 is 0 Å². The van der Waals surface area contributed by atoms with E-state index in [9.17, 15) is 0 Å². The lowest BCUT2D eigenvalue weighted by Crippen LogP contribution is -1.93. The molecule has 2 aromatic rings. The smallest absolute Gasteiger partial charge is 0.0449 e. The van der Waals surface area contributed by atoms with Gasteiger partial charge in [-0.1, -0.05) is 78.8 Å². The van der Waals surface area contributed by atoms with Crippen LogP contribution >= 0.6 is 12.2 Å². The van der Waals surface area contributed by atoms with Crippen LogP contribution in [0.5, 0.6) is 0 Å². The van der Waals surface area contributed by atoms with Crippen LogP contribution in [-0.4, -0.2) is 4.86 Å². The van der Waals surface area contributed by atoms with Gasteiger partial charge < -0.3 is 0 Å². The van der Waals surface area contributed by atoms with Gasteiger partial charge in [-0.05, 0) is 43.0 Å². The second-order valence-electron chi connectivity index (χ2n) is 5.17. The largest absolute Gasteiger partial charge is 0.0795 e. The molecule has 0 saturated heterocycles. The first kappa shape index (κ1) is 14.7. The van der Waals surface area contributed by atoms with Gasteiger partial charge in [0.1, 0.15) is 0 Å². The van der Waals surface area contributed by atoms with Crippen LogP contribution in [0.3, 0.4) is 0 Å². The van der Waals surface area contributed by atoms with Crippen molar-refractivity contribution in [3.8, 4) is 0 Å². The molecule has 0 spiro atoms. The quantitative estimate of drug-likeness (QED) is 0.416. The average Bonchev–Trinajstić information content (AvgIpc) is 2.44. The molecule has 0 amide bonds. The van der Waals surface area contributed by atoms with E-state index in [1.54, 1.807) is 0 Å². The molecule has 0 atom stereocenters. The predicted molar refractivity (Wildman–Crippen MR) is 92.5 cm³/mol. The van der Waals surface area contributed by atoms with Crippen LogP contribution in [0.1, 0.15) is 34.7 Å². The zero-order chi connectivity index (χ0) is 14.5. The summed E-state index contributed by atoms with van der Waals surface area (Å²) in [6.45, 7) is 6.39. The van der Waals surface area contributed by atoms with Gasteiger partial charge in [0.05, 0.1) is 0 Å². The van der Waals surface area contributed by atoms with Crippen LogP contribution in [0.4, 0.5) is 0 Å². The minimum atomic E-state index is 0.881. The van der Waals surface area contributed by atoms with E-state index in [2.05, 4.69) is 69.3 Å². The highest BCUT2D eigenvalue weighted by molar-refractivity contribution is 7.81. The molecule has 0 aromatic heterocycles. The van der Waals surface area contributed by atoms with Gasteiger partial charge in [-0.25, -0.2) is 0 Å². The molecule has 2 aromatic carbocycles. The summed E-state index contributed by atoms with van der Waals surface area (Å²) >= 11 is 5.48. The molecule has 0 heterocycles. The summed E-state index contributed by atoms with van der Waals surface area (Å²) in [5, 5.41) is 0. The highest BCUT2D eigenvalue weighted by Gasteiger charge is 1.98. The Morgan fingerprint density at radius 3 is 2.15 bits per heavy atom. The van der Waals surface area contributed by atoms with Crippen molar-refractivity contribution in [2.75, 3.05) is 0 Å². The number of allylic oxidation sites excluding steroid dienone is 1. The molecular weight excluding hydrogens is 260 g/mol. The van der Waals surface area contributed by atoms with Crippen LogP contribution in [0.25, 0.3) is 6.08 Å². The second kappa shape index (κ2) is 6.62. The van der Waals surface area contributed by atoms with E-state index in [1.165, 1.54) is 22.3 Å². The van der Waals surface area contributed by atoms with E-state index in [0.29, 0.717) is 0 Å². The minimum Gasteiger partial charge on any atom is -0.0795 e. The maximum Gasteiger partial charge on any atom is 0.0449 e. The Bertz CT molecular complexity index is 613. The van der Waals surface area contributed by atoms with Crippen molar-refractivity contribution in [3.05, 3.63) is 76.4 Å². The predicted octanol–water partition coefficient (Wildman–Crippen LogP) is 5.30. The molecule has 0 aliphatic rings. The topological polar surface area (TPSA) is 0 Å². The molecule has 0 aliphatic heterocycles. The maximum atomic E-state index is 5.48. The van der Waals surface area contributed by atoms with E-state index >= 15 is 0 Å². The van der Waals surface area contributed by atoms with E-state index in [4.69, 9.17) is 12.2 Å². The molecule has 20 heavy (non-hydrogen) atoms. The van der Waals surface area contributed by atoms with Crippen molar-refractivity contribution >= 4 is 23.2 Å². The Morgan fingerprint density at radius 2 is 1.60 bits per heavy atom. The second-order valence-corrected chi connectivity index (χ2v) is 5.61. The first-order chi connectivity index (χ1) is 9.58. The Hall–Kier alpha value is -1.73. The molecule has 1 heteroatoms. The third-order valence-electron chi connectivity index (χ3n) is 3.32. The molecular formula is C19H20S. The summed E-state index contributed by atoms with van der Waals surface area (Å²) in [7, 11) is 0. The standard InChI is InChI=1S/C19H20S/c1-4-16-5-8-18(9-6-16)19(20)10-7-17-12-14(2)11-15(3)13-17/h5-13H,4H2,1-3H3. The van der Waals surface area contributed by atoms with Gasteiger partial charge in [0, 0.05) is 4.86 Å². The van der Waals surface area contributed by atoms with Gasteiger partial charge in [0.25, 0.3) is 0 Å². The molecule has 0 unspecified atom stereocenters. The summed E-state index contributed by atoms with van der Waals surface area (Å²) in [6.07, 6.45) is 5.17. The lowest BCUT2D eigenvalue weighted by Gasteiger charge is -2.02. The van der Waals surface area contributed by atoms with Crippen molar-refractivity contribution in [2.45, 2.75) is 27.2 Å². The van der Waals surface area contributed by atoms with E-state index < -0.39 is 0 Å². The number of aryl methyl sites for hydroxylation is 3. The minimum absolute atomic E-state index is 0.881. The third-order valence-corrected chi connectivity index (χ3v) is 3.69. The summed E-state index contributed by atoms with van der Waals surface area (Å²) in [5.74, 6) is 0. The average molecular weight is 280 g/mol. The molecule has 2 rings (SSSR count). The number of hydrogen-bond acceptors (Lipinski definition) is 1. The van der Waals surface area contributed by atoms with E-state index in [0.717, 1.165) is 16.8 Å². The van der Waals surface area contributed by atoms with Gasteiger partial charge in [-0.15, -0.1) is 0 Å². The maximum absolute atomic E-state index is 5.48. The van der Waals surface area contributed by atoms with Gasteiger partial charge in [0.2, 0.25) is 0 Å². The lowest BCUT2D eigenvalue weighted by atomic mass is 10.0. The van der Waals surface area contributed by atoms with Crippen molar-refractivity contribution in [1.82, 2.24) is 0 Å². The van der Waals surface area contributed by atoms with Gasteiger partial charge in [0.15, 0.2) is 0 Å². The fourth-order valence-electron chi connectivity index (χ4n) is 2.28. The molecule has 0 bridgehead atoms. The van der Waals surface area contributed by atoms with Crippen LogP contribution in [-0.2, 0) is 6.42 Å². The van der Waals surface area contributed by atoms with Crippen LogP contribution in [0.15, 0.2) is 48.5 Å². The molecule has 0 nitrogen and oxygen atoms in total. The fraction of sp³-hybridized carbons (Fsp3) is 0.211. The first-order valence-electron chi connectivity index (χ1n) is 6.98. The molecule has 102 valence electrons. The van der Waals surface area contributed by atoms with E-state index in [-0.39, 0.29) is 0 Å². The highest BCUT2D eigenvalue weighted by atomic mass is 32.1. The van der Waals surface area contributed by atoms with Crippen LogP contribution in [0, 0.1) is 13.8 Å². The monoisotopic (exact) mass is 280 g/mol. The number of rotatable bonds is 4. The molecule has 0 saturated carbocycles. The Labute approximate surface area is 127 Å². The number of thiocarbonyl (C=S) groups is 1. The zero-order valence-electron chi connectivity index (χ0n) is 12.3. The normalized spacial score (nSPS) is 10.9. The number of benzene rings is 2. The van der Waals surface area contributed by atoms with Crippen molar-refractivity contribution in [2.24, 2.45) is 0 Å². The summed E-state index contributed by atoms with van der Waals surface area (Å²) in [6, 6.07) is 15.0. The third kappa shape index (κ3) is 3.88. The van der Waals surface area contributed by atoms with Crippen LogP contribution in [0.2, 0.25) is 0 Å². The molecule has 0 aliphatic carbocycles. The zero-order valence-corrected chi connectivity index (χ0v) is 13.1. The van der Waals surface area contributed by atoms with Gasteiger partial charge in [-0.3, -0.25) is 0 Å². The lowest BCUT2D eigenvalue weighted by molar-refractivity contribution is 1.14. The van der Waals surface area contributed by atoms with Crippen molar-refractivity contribution in [1.29, 1.82) is 0 Å². The molecule has 0 N–H and O–H groups in total. The summed E-state index contributed by atoms with van der Waals surface area (Å²) in [5.41, 5.74) is 6.22. The van der Waals surface area contributed by atoms with Crippen molar-refractivity contribution < 1.29 is 0 Å². The molecule has 0 fully saturated rings. The number of hydrogen-bond donors (Lipinski definition) is 0. The van der Waals surface area contributed by atoms with E-state index in [1.807, 2.05) is 6.08 Å². The highest BCUT2D eigenvalue weighted by Crippen LogP contribution is 2.12. The fourth-order valence-corrected chi connectivity index (χ4v) is 2.48.